The van der Waals surface area contributed by atoms with Crippen LogP contribution in [0.25, 0.3) is 11.5 Å². The summed E-state index contributed by atoms with van der Waals surface area (Å²) in [5.41, 5.74) is 1.34. The fraction of sp³-hybridized carbons (Fsp3) is 0.0667. The molecule has 0 radical (unpaired) electrons. The average Bonchev–Trinajstić information content (AvgIpc) is 3.08. The van der Waals surface area contributed by atoms with E-state index in [0.717, 1.165) is 5.56 Å². The number of hydrogen-bond donors (Lipinski definition) is 1. The minimum atomic E-state index is -3.61. The molecule has 0 aromatic carbocycles. The zero-order chi connectivity index (χ0) is 15.4. The fourth-order valence-corrected chi connectivity index (χ4v) is 2.95. The summed E-state index contributed by atoms with van der Waals surface area (Å²) in [6.07, 6.45) is 6.01. The van der Waals surface area contributed by atoms with Gasteiger partial charge in [0.25, 0.3) is 0 Å². The molecule has 0 amide bonds. The van der Waals surface area contributed by atoms with Crippen molar-refractivity contribution in [3.8, 4) is 11.5 Å². The topological polar surface area (TPSA) is 85.1 Å². The molecular formula is C15H13N3O3S. The molecule has 7 heteroatoms. The third-order valence-electron chi connectivity index (χ3n) is 3.04. The van der Waals surface area contributed by atoms with Gasteiger partial charge in [0, 0.05) is 25.1 Å². The van der Waals surface area contributed by atoms with Gasteiger partial charge in [-0.2, -0.15) is 0 Å². The van der Waals surface area contributed by atoms with E-state index in [1.807, 2.05) is 0 Å². The smallest absolute Gasteiger partial charge is 0.242 e. The Balaban J connectivity index is 1.83. The lowest BCUT2D eigenvalue weighted by Crippen LogP contribution is -2.23. The van der Waals surface area contributed by atoms with Crippen LogP contribution >= 0.6 is 0 Å². The van der Waals surface area contributed by atoms with E-state index < -0.39 is 10.0 Å². The van der Waals surface area contributed by atoms with Crippen LogP contribution in [-0.2, 0) is 16.6 Å². The predicted molar refractivity (Wildman–Crippen MR) is 80.2 cm³/mol. The van der Waals surface area contributed by atoms with Crippen LogP contribution in [0.3, 0.4) is 0 Å². The highest BCUT2D eigenvalue weighted by Crippen LogP contribution is 2.21. The largest absolute Gasteiger partial charge is 0.463 e. The second-order valence-corrected chi connectivity index (χ2v) is 6.27. The third-order valence-corrected chi connectivity index (χ3v) is 4.43. The lowest BCUT2D eigenvalue weighted by Gasteiger charge is -2.09. The molecule has 0 bridgehead atoms. The summed E-state index contributed by atoms with van der Waals surface area (Å²) in [6.45, 7) is 0.112. The second-order valence-electron chi connectivity index (χ2n) is 4.50. The van der Waals surface area contributed by atoms with Gasteiger partial charge in [-0.15, -0.1) is 0 Å². The SMILES string of the molecule is O=S(=O)(NCc1cccnc1-c1ccco1)c1cccnc1. The molecule has 22 heavy (non-hydrogen) atoms. The van der Waals surface area contributed by atoms with Crippen LogP contribution in [0.4, 0.5) is 0 Å². The molecule has 0 saturated carbocycles. The number of rotatable bonds is 5. The summed E-state index contributed by atoms with van der Waals surface area (Å²) in [6, 6.07) is 10.2. The fourth-order valence-electron chi connectivity index (χ4n) is 1.98. The van der Waals surface area contributed by atoms with Crippen LogP contribution in [0.1, 0.15) is 5.56 Å². The molecule has 0 aliphatic carbocycles. The van der Waals surface area contributed by atoms with Gasteiger partial charge >= 0.3 is 0 Å². The number of aromatic nitrogens is 2. The molecule has 3 aromatic rings. The lowest BCUT2D eigenvalue weighted by atomic mass is 10.1. The first-order valence-electron chi connectivity index (χ1n) is 6.54. The molecule has 112 valence electrons. The van der Waals surface area contributed by atoms with Crippen LogP contribution < -0.4 is 4.72 Å². The maximum atomic E-state index is 12.2. The number of nitrogens with one attached hydrogen (secondary N) is 1. The van der Waals surface area contributed by atoms with Crippen LogP contribution in [0.15, 0.2) is 70.6 Å². The highest BCUT2D eigenvalue weighted by atomic mass is 32.2. The van der Waals surface area contributed by atoms with E-state index in [1.165, 1.54) is 18.5 Å². The molecule has 3 rings (SSSR count). The number of pyridine rings is 2. The normalized spacial score (nSPS) is 11.5. The average molecular weight is 315 g/mol. The second kappa shape index (κ2) is 6.08. The van der Waals surface area contributed by atoms with E-state index in [-0.39, 0.29) is 11.4 Å². The molecule has 0 atom stereocenters. The quantitative estimate of drug-likeness (QED) is 0.780. The van der Waals surface area contributed by atoms with E-state index >= 15 is 0 Å². The van der Waals surface area contributed by atoms with Crippen LogP contribution in [0, 0.1) is 0 Å². The van der Waals surface area contributed by atoms with Crippen molar-refractivity contribution in [1.29, 1.82) is 0 Å². The summed E-state index contributed by atoms with van der Waals surface area (Å²) in [5, 5.41) is 0. The molecule has 3 heterocycles. The van der Waals surface area contributed by atoms with Crippen molar-refractivity contribution in [1.82, 2.24) is 14.7 Å². The Bertz CT molecular complexity index is 847. The number of nitrogens with zero attached hydrogens (tertiary/aromatic N) is 2. The van der Waals surface area contributed by atoms with Crippen LogP contribution in [0.2, 0.25) is 0 Å². The molecule has 0 aliphatic heterocycles. The molecule has 1 N–H and O–H groups in total. The van der Waals surface area contributed by atoms with Crippen molar-refractivity contribution in [2.75, 3.05) is 0 Å². The predicted octanol–water partition coefficient (Wildman–Crippen LogP) is 2.22. The molecule has 0 fully saturated rings. The maximum absolute atomic E-state index is 12.2. The van der Waals surface area contributed by atoms with Gasteiger partial charge < -0.3 is 4.42 Å². The van der Waals surface area contributed by atoms with Crippen molar-refractivity contribution >= 4 is 10.0 Å². The standard InChI is InChI=1S/C15H13N3O3S/c19-22(20,13-5-2-7-16-11-13)18-10-12-4-1-8-17-15(12)14-6-3-9-21-14/h1-9,11,18H,10H2. The summed E-state index contributed by atoms with van der Waals surface area (Å²) in [4.78, 5) is 8.19. The summed E-state index contributed by atoms with van der Waals surface area (Å²) in [7, 11) is -3.61. The Hall–Kier alpha value is -2.51. The Morgan fingerprint density at radius 3 is 2.68 bits per heavy atom. The minimum Gasteiger partial charge on any atom is -0.463 e. The van der Waals surface area contributed by atoms with Gasteiger partial charge in [0.1, 0.15) is 10.6 Å². The van der Waals surface area contributed by atoms with E-state index in [0.29, 0.717) is 11.5 Å². The molecule has 3 aromatic heterocycles. The first-order valence-corrected chi connectivity index (χ1v) is 8.02. The first kappa shape index (κ1) is 14.4. The highest BCUT2D eigenvalue weighted by molar-refractivity contribution is 7.89. The number of hydrogen-bond acceptors (Lipinski definition) is 5. The zero-order valence-electron chi connectivity index (χ0n) is 11.5. The first-order chi connectivity index (χ1) is 10.7. The molecule has 6 nitrogen and oxygen atoms in total. The molecule has 0 aliphatic rings. The van der Waals surface area contributed by atoms with Crippen molar-refractivity contribution < 1.29 is 12.8 Å². The van der Waals surface area contributed by atoms with E-state index in [2.05, 4.69) is 14.7 Å². The Morgan fingerprint density at radius 2 is 1.95 bits per heavy atom. The summed E-state index contributed by atoms with van der Waals surface area (Å²) >= 11 is 0. The molecular weight excluding hydrogens is 302 g/mol. The lowest BCUT2D eigenvalue weighted by molar-refractivity contribution is 0.575. The zero-order valence-corrected chi connectivity index (χ0v) is 12.3. The van der Waals surface area contributed by atoms with Gasteiger partial charge in [0.2, 0.25) is 10.0 Å². The van der Waals surface area contributed by atoms with Crippen molar-refractivity contribution in [3.63, 3.8) is 0 Å². The summed E-state index contributed by atoms with van der Waals surface area (Å²) < 4.78 is 32.3. The monoisotopic (exact) mass is 315 g/mol. The Labute approximate surface area is 127 Å². The number of furan rings is 1. The minimum absolute atomic E-state index is 0.112. The molecule has 0 unspecified atom stereocenters. The summed E-state index contributed by atoms with van der Waals surface area (Å²) in [5.74, 6) is 0.594. The van der Waals surface area contributed by atoms with Crippen molar-refractivity contribution in [3.05, 3.63) is 66.8 Å². The van der Waals surface area contributed by atoms with E-state index in [4.69, 9.17) is 4.42 Å². The Kier molecular flexibility index (Phi) is 3.99. The van der Waals surface area contributed by atoms with E-state index in [1.54, 1.807) is 42.8 Å². The number of sulfonamides is 1. The van der Waals surface area contributed by atoms with Gasteiger partial charge in [0.05, 0.1) is 6.26 Å². The van der Waals surface area contributed by atoms with Crippen molar-refractivity contribution in [2.45, 2.75) is 11.4 Å². The molecule has 0 spiro atoms. The highest BCUT2D eigenvalue weighted by Gasteiger charge is 2.15. The van der Waals surface area contributed by atoms with Gasteiger partial charge in [-0.3, -0.25) is 9.97 Å². The maximum Gasteiger partial charge on any atom is 0.242 e. The van der Waals surface area contributed by atoms with Gasteiger partial charge in [0.15, 0.2) is 5.76 Å². The van der Waals surface area contributed by atoms with Gasteiger partial charge in [-0.25, -0.2) is 13.1 Å². The molecule has 0 saturated heterocycles. The van der Waals surface area contributed by atoms with E-state index in [9.17, 15) is 8.42 Å². The van der Waals surface area contributed by atoms with Gasteiger partial charge in [-0.05, 0) is 35.9 Å². The Morgan fingerprint density at radius 1 is 1.09 bits per heavy atom. The van der Waals surface area contributed by atoms with Crippen molar-refractivity contribution in [2.24, 2.45) is 0 Å². The third kappa shape index (κ3) is 3.05. The van der Waals surface area contributed by atoms with Gasteiger partial charge in [-0.1, -0.05) is 6.07 Å². The van der Waals surface area contributed by atoms with Crippen LogP contribution in [0.5, 0.6) is 0 Å². The van der Waals surface area contributed by atoms with Crippen LogP contribution in [-0.4, -0.2) is 18.4 Å².